The average molecular weight is 202 g/mol. The fourth-order valence-corrected chi connectivity index (χ4v) is 1.74. The molecule has 1 aromatic carbocycles. The molecule has 15 heavy (non-hydrogen) atoms. The fraction of sp³-hybridized carbons (Fsp3) is 0.308. The molecular formula is C13H16NO+. The Morgan fingerprint density at radius 2 is 2.20 bits per heavy atom. The molecular weight excluding hydrogens is 186 g/mol. The van der Waals surface area contributed by atoms with E-state index in [0.29, 0.717) is 0 Å². The third-order valence-electron chi connectivity index (χ3n) is 2.70. The van der Waals surface area contributed by atoms with Crippen molar-refractivity contribution in [2.45, 2.75) is 6.42 Å². The Balaban J connectivity index is 2.30. The molecule has 0 bridgehead atoms. The van der Waals surface area contributed by atoms with E-state index in [1.165, 1.54) is 11.1 Å². The largest absolute Gasteiger partial charge is 0.497 e. The van der Waals surface area contributed by atoms with Crippen LogP contribution >= 0.6 is 0 Å². The number of hydrogen-bond acceptors (Lipinski definition) is 1. The molecule has 1 aliphatic heterocycles. The van der Waals surface area contributed by atoms with Gasteiger partial charge in [-0.25, -0.2) is 4.58 Å². The van der Waals surface area contributed by atoms with Gasteiger partial charge >= 0.3 is 0 Å². The molecule has 1 aromatic rings. The number of nitrogens with zero attached hydrogens (tertiary/aromatic N) is 1. The van der Waals surface area contributed by atoms with Crippen molar-refractivity contribution >= 4 is 11.8 Å². The standard InChI is InChI=1S/C13H16NO/c1-14-8-6-11(7-9-14)12-4-3-5-13(10-12)15-2/h3-6,8,10H,7,9H2,1-2H3/q+1. The molecule has 2 rings (SSSR count). The lowest BCUT2D eigenvalue weighted by atomic mass is 10.0. The Kier molecular flexibility index (Phi) is 2.86. The summed E-state index contributed by atoms with van der Waals surface area (Å²) < 4.78 is 7.42. The van der Waals surface area contributed by atoms with Gasteiger partial charge in [-0.15, -0.1) is 0 Å². The molecule has 0 aromatic heterocycles. The van der Waals surface area contributed by atoms with Crippen molar-refractivity contribution in [2.24, 2.45) is 0 Å². The molecule has 1 aliphatic rings. The third kappa shape index (κ3) is 2.27. The van der Waals surface area contributed by atoms with Gasteiger partial charge in [0.05, 0.1) is 7.11 Å². The summed E-state index contributed by atoms with van der Waals surface area (Å²) in [5, 5.41) is 0. The summed E-state index contributed by atoms with van der Waals surface area (Å²) in [7, 11) is 3.80. The van der Waals surface area contributed by atoms with Crippen molar-refractivity contribution < 1.29 is 9.31 Å². The summed E-state index contributed by atoms with van der Waals surface area (Å²) in [6.45, 7) is 1.09. The summed E-state index contributed by atoms with van der Waals surface area (Å²) in [6, 6.07) is 8.23. The van der Waals surface area contributed by atoms with Gasteiger partial charge < -0.3 is 4.74 Å². The highest BCUT2D eigenvalue weighted by Gasteiger charge is 2.09. The van der Waals surface area contributed by atoms with Crippen molar-refractivity contribution in [1.82, 2.24) is 0 Å². The van der Waals surface area contributed by atoms with E-state index < -0.39 is 0 Å². The maximum absolute atomic E-state index is 5.22. The lowest BCUT2D eigenvalue weighted by Gasteiger charge is -2.10. The Morgan fingerprint density at radius 3 is 2.87 bits per heavy atom. The number of hydrogen-bond donors (Lipinski definition) is 0. The Bertz CT molecular complexity index is 418. The van der Waals surface area contributed by atoms with E-state index >= 15 is 0 Å². The summed E-state index contributed by atoms with van der Waals surface area (Å²) >= 11 is 0. The number of rotatable bonds is 2. The van der Waals surface area contributed by atoms with Crippen LogP contribution in [0.3, 0.4) is 0 Å². The molecule has 0 radical (unpaired) electrons. The zero-order chi connectivity index (χ0) is 10.7. The van der Waals surface area contributed by atoms with Crippen LogP contribution in [0.1, 0.15) is 12.0 Å². The molecule has 0 saturated heterocycles. The minimum Gasteiger partial charge on any atom is -0.497 e. The zero-order valence-corrected chi connectivity index (χ0v) is 9.23. The minimum absolute atomic E-state index is 0.923. The topological polar surface area (TPSA) is 12.2 Å². The van der Waals surface area contributed by atoms with Gasteiger partial charge in [-0.1, -0.05) is 12.1 Å². The van der Waals surface area contributed by atoms with Crippen molar-refractivity contribution in [3.63, 3.8) is 0 Å². The molecule has 0 saturated carbocycles. The van der Waals surface area contributed by atoms with Gasteiger partial charge in [-0.2, -0.15) is 0 Å². The van der Waals surface area contributed by atoms with Crippen LogP contribution in [0.5, 0.6) is 5.75 Å². The van der Waals surface area contributed by atoms with Gasteiger partial charge in [0.2, 0.25) is 0 Å². The van der Waals surface area contributed by atoms with E-state index in [1.54, 1.807) is 7.11 Å². The smallest absolute Gasteiger partial charge is 0.163 e. The van der Waals surface area contributed by atoms with E-state index in [9.17, 15) is 0 Å². The molecule has 0 aliphatic carbocycles. The predicted molar refractivity (Wildman–Crippen MR) is 62.7 cm³/mol. The number of methoxy groups -OCH3 is 1. The van der Waals surface area contributed by atoms with Gasteiger partial charge in [-0.05, 0) is 23.3 Å². The first kappa shape index (κ1) is 9.97. The maximum Gasteiger partial charge on any atom is 0.163 e. The van der Waals surface area contributed by atoms with Crippen LogP contribution in [0.25, 0.3) is 5.57 Å². The molecule has 78 valence electrons. The second-order valence-electron chi connectivity index (χ2n) is 3.80. The highest BCUT2D eigenvalue weighted by molar-refractivity contribution is 5.83. The maximum atomic E-state index is 5.22. The van der Waals surface area contributed by atoms with Crippen molar-refractivity contribution in [3.8, 4) is 5.75 Å². The predicted octanol–water partition coefficient (Wildman–Crippen LogP) is 2.20. The second kappa shape index (κ2) is 4.30. The van der Waals surface area contributed by atoms with Gasteiger partial charge in [0, 0.05) is 12.5 Å². The number of benzene rings is 1. The van der Waals surface area contributed by atoms with Crippen LogP contribution in [0.15, 0.2) is 30.3 Å². The van der Waals surface area contributed by atoms with E-state index in [2.05, 4.69) is 36.0 Å². The van der Waals surface area contributed by atoms with Crippen molar-refractivity contribution in [2.75, 3.05) is 20.7 Å². The summed E-state index contributed by atoms with van der Waals surface area (Å²) in [6.07, 6.45) is 5.40. The van der Waals surface area contributed by atoms with Crippen LogP contribution in [-0.2, 0) is 0 Å². The molecule has 0 unspecified atom stereocenters. The molecule has 0 N–H and O–H groups in total. The first-order valence-electron chi connectivity index (χ1n) is 5.18. The number of allylic oxidation sites excluding steroid dienone is 1. The van der Waals surface area contributed by atoms with Crippen molar-refractivity contribution in [3.05, 3.63) is 35.9 Å². The average Bonchev–Trinajstić information content (AvgIpc) is 2.30. The van der Waals surface area contributed by atoms with Crippen molar-refractivity contribution in [1.29, 1.82) is 0 Å². The Labute approximate surface area is 90.5 Å². The van der Waals surface area contributed by atoms with Gasteiger partial charge in [0.15, 0.2) is 6.21 Å². The second-order valence-corrected chi connectivity index (χ2v) is 3.80. The zero-order valence-electron chi connectivity index (χ0n) is 9.23. The monoisotopic (exact) mass is 202 g/mol. The lowest BCUT2D eigenvalue weighted by molar-refractivity contribution is -0.491. The third-order valence-corrected chi connectivity index (χ3v) is 2.70. The quantitative estimate of drug-likeness (QED) is 0.670. The summed E-state index contributed by atoms with van der Waals surface area (Å²) in [5.74, 6) is 0.923. The molecule has 2 heteroatoms. The van der Waals surface area contributed by atoms with E-state index in [1.807, 2.05) is 12.1 Å². The Hall–Kier alpha value is -1.57. The van der Waals surface area contributed by atoms with Crippen LogP contribution in [0, 0.1) is 0 Å². The van der Waals surface area contributed by atoms with Gasteiger partial charge in [0.1, 0.15) is 19.3 Å². The molecule has 0 atom stereocenters. The van der Waals surface area contributed by atoms with Crippen LogP contribution in [0.2, 0.25) is 0 Å². The van der Waals surface area contributed by atoms with Gasteiger partial charge in [-0.3, -0.25) is 0 Å². The van der Waals surface area contributed by atoms with Crippen LogP contribution in [-0.4, -0.2) is 31.5 Å². The number of ether oxygens (including phenoxy) is 1. The van der Waals surface area contributed by atoms with E-state index in [4.69, 9.17) is 4.74 Å². The Morgan fingerprint density at radius 1 is 1.33 bits per heavy atom. The summed E-state index contributed by atoms with van der Waals surface area (Å²) in [5.41, 5.74) is 2.64. The van der Waals surface area contributed by atoms with Crippen LogP contribution in [0.4, 0.5) is 0 Å². The SMILES string of the molecule is COc1cccc(C2=CC=[N+](C)CC2)c1. The molecule has 0 spiro atoms. The molecule has 1 heterocycles. The highest BCUT2D eigenvalue weighted by Crippen LogP contribution is 2.23. The van der Waals surface area contributed by atoms with Crippen LogP contribution < -0.4 is 4.74 Å². The first-order valence-corrected chi connectivity index (χ1v) is 5.18. The summed E-state index contributed by atoms with van der Waals surface area (Å²) in [4.78, 5) is 0. The molecule has 0 amide bonds. The normalized spacial score (nSPS) is 15.6. The van der Waals surface area contributed by atoms with E-state index in [0.717, 1.165) is 18.7 Å². The minimum atomic E-state index is 0.923. The van der Waals surface area contributed by atoms with E-state index in [-0.39, 0.29) is 0 Å². The molecule has 0 fully saturated rings. The molecule has 2 nitrogen and oxygen atoms in total. The first-order chi connectivity index (χ1) is 7.29. The fourth-order valence-electron chi connectivity index (χ4n) is 1.74. The van der Waals surface area contributed by atoms with Gasteiger partial charge in [0.25, 0.3) is 0 Å². The highest BCUT2D eigenvalue weighted by atomic mass is 16.5. The lowest BCUT2D eigenvalue weighted by Crippen LogP contribution is -2.12.